The summed E-state index contributed by atoms with van der Waals surface area (Å²) in [6.45, 7) is 8.25. The third-order valence-corrected chi connectivity index (χ3v) is 5.42. The topological polar surface area (TPSA) is 62.5 Å². The number of fused-ring (bicyclic) bond motifs is 2. The number of benzene rings is 1. The van der Waals surface area contributed by atoms with Gasteiger partial charge in [0.15, 0.2) is 5.82 Å². The minimum atomic E-state index is 0.639. The van der Waals surface area contributed by atoms with Gasteiger partial charge in [0.05, 0.1) is 28.6 Å². The summed E-state index contributed by atoms with van der Waals surface area (Å²) in [4.78, 5) is 18.6. The van der Waals surface area contributed by atoms with Crippen molar-refractivity contribution in [2.24, 2.45) is 0 Å². The van der Waals surface area contributed by atoms with E-state index in [1.807, 2.05) is 36.8 Å². The first-order valence-electron chi connectivity index (χ1n) is 9.61. The number of aromatic nitrogens is 5. The second-order valence-electron chi connectivity index (χ2n) is 7.55. The first-order valence-corrected chi connectivity index (χ1v) is 9.61. The smallest absolute Gasteiger partial charge is 0.180 e. The predicted molar refractivity (Wildman–Crippen MR) is 111 cm³/mol. The Balaban J connectivity index is 1.50. The van der Waals surface area contributed by atoms with Gasteiger partial charge in [-0.15, -0.1) is 0 Å². The Hall–Kier alpha value is -3.06. The number of nitrogens with zero attached hydrogens (tertiary/aromatic N) is 7. The van der Waals surface area contributed by atoms with E-state index in [0.29, 0.717) is 5.82 Å². The molecule has 0 saturated carbocycles. The van der Waals surface area contributed by atoms with Gasteiger partial charge in [0.25, 0.3) is 0 Å². The second-order valence-corrected chi connectivity index (χ2v) is 7.55. The summed E-state index contributed by atoms with van der Waals surface area (Å²) in [7, 11) is 2.17. The van der Waals surface area contributed by atoms with Crippen LogP contribution in [0.1, 0.15) is 11.4 Å². The zero-order chi connectivity index (χ0) is 19.3. The lowest BCUT2D eigenvalue weighted by atomic mass is 10.2. The molecule has 0 radical (unpaired) electrons. The number of aryl methyl sites for hydroxylation is 2. The molecule has 1 aliphatic rings. The lowest BCUT2D eigenvalue weighted by Crippen LogP contribution is -2.44. The minimum Gasteiger partial charge on any atom is -0.369 e. The molecular formula is C21H23N7. The fraction of sp³-hybridized carbons (Fsp3) is 0.333. The molecule has 5 rings (SSSR count). The molecule has 4 aromatic rings. The fourth-order valence-corrected chi connectivity index (χ4v) is 3.81. The van der Waals surface area contributed by atoms with Crippen molar-refractivity contribution in [2.75, 3.05) is 38.1 Å². The second kappa shape index (κ2) is 6.53. The molecule has 1 aliphatic heterocycles. The molecule has 7 nitrogen and oxygen atoms in total. The van der Waals surface area contributed by atoms with Crippen molar-refractivity contribution >= 4 is 22.1 Å². The highest BCUT2D eigenvalue weighted by Gasteiger charge is 2.15. The van der Waals surface area contributed by atoms with Gasteiger partial charge in [-0.25, -0.2) is 14.5 Å². The Morgan fingerprint density at radius 2 is 1.79 bits per heavy atom. The van der Waals surface area contributed by atoms with Crippen LogP contribution in [0.3, 0.4) is 0 Å². The first kappa shape index (κ1) is 17.1. The third kappa shape index (κ3) is 2.97. The first-order chi connectivity index (χ1) is 13.6. The van der Waals surface area contributed by atoms with Crippen LogP contribution >= 0.6 is 0 Å². The summed E-state index contributed by atoms with van der Waals surface area (Å²) >= 11 is 0. The van der Waals surface area contributed by atoms with Crippen LogP contribution in [-0.4, -0.2) is 62.7 Å². The lowest BCUT2D eigenvalue weighted by Gasteiger charge is -2.34. The third-order valence-electron chi connectivity index (χ3n) is 5.42. The largest absolute Gasteiger partial charge is 0.369 e. The van der Waals surface area contributed by atoms with Crippen LogP contribution in [0.4, 0.5) is 5.69 Å². The highest BCUT2D eigenvalue weighted by Crippen LogP contribution is 2.24. The standard InChI is InChI=1S/C21H23N7/c1-14-13-28-20(15(2)23-14)11-19(25-28)21-22-12-16-10-17(4-5-18(16)24-21)27-8-6-26(3)7-9-27/h4-5,10-13H,6-9H2,1-3H3. The maximum Gasteiger partial charge on any atom is 0.180 e. The van der Waals surface area contributed by atoms with Crippen LogP contribution in [0.25, 0.3) is 27.9 Å². The minimum absolute atomic E-state index is 0.639. The molecule has 1 saturated heterocycles. The van der Waals surface area contributed by atoms with Crippen molar-refractivity contribution in [3.63, 3.8) is 0 Å². The van der Waals surface area contributed by atoms with E-state index in [-0.39, 0.29) is 0 Å². The van der Waals surface area contributed by atoms with Gasteiger partial charge in [-0.1, -0.05) is 0 Å². The molecule has 0 N–H and O–H groups in total. The van der Waals surface area contributed by atoms with Gasteiger partial charge in [-0.05, 0) is 45.2 Å². The Bertz CT molecular complexity index is 1170. The predicted octanol–water partition coefficient (Wildman–Crippen LogP) is 2.71. The van der Waals surface area contributed by atoms with Gasteiger partial charge < -0.3 is 9.80 Å². The molecule has 3 aromatic heterocycles. The molecule has 28 heavy (non-hydrogen) atoms. The SMILES string of the molecule is Cc1cn2nc(-c3ncc4cc(N5CCN(C)CC5)ccc4n3)cc2c(C)n1. The van der Waals surface area contributed by atoms with Crippen molar-refractivity contribution in [2.45, 2.75) is 13.8 Å². The van der Waals surface area contributed by atoms with Gasteiger partial charge in [0.2, 0.25) is 0 Å². The molecule has 0 spiro atoms. The van der Waals surface area contributed by atoms with Crippen molar-refractivity contribution in [3.8, 4) is 11.5 Å². The molecule has 0 amide bonds. The zero-order valence-electron chi connectivity index (χ0n) is 16.4. The number of anilines is 1. The van der Waals surface area contributed by atoms with Crippen LogP contribution in [0, 0.1) is 13.8 Å². The highest BCUT2D eigenvalue weighted by atomic mass is 15.3. The summed E-state index contributed by atoms with van der Waals surface area (Å²) in [5, 5.41) is 5.70. The molecule has 0 aliphatic carbocycles. The summed E-state index contributed by atoms with van der Waals surface area (Å²) in [6, 6.07) is 8.43. The maximum atomic E-state index is 4.76. The molecule has 0 unspecified atom stereocenters. The molecule has 4 heterocycles. The van der Waals surface area contributed by atoms with E-state index >= 15 is 0 Å². The number of hydrogen-bond donors (Lipinski definition) is 0. The molecule has 1 fully saturated rings. The molecule has 1 aromatic carbocycles. The van der Waals surface area contributed by atoms with E-state index in [2.05, 4.69) is 50.1 Å². The summed E-state index contributed by atoms with van der Waals surface area (Å²) in [5.74, 6) is 0.639. The monoisotopic (exact) mass is 373 g/mol. The average Bonchev–Trinajstić information content (AvgIpc) is 3.12. The Morgan fingerprint density at radius 3 is 2.61 bits per heavy atom. The number of likely N-dealkylation sites (N-methyl/N-ethyl adjacent to an activating group) is 1. The van der Waals surface area contributed by atoms with Crippen molar-refractivity contribution in [3.05, 3.63) is 48.0 Å². The normalized spacial score (nSPS) is 15.6. The quantitative estimate of drug-likeness (QED) is 0.538. The number of piperazine rings is 1. The summed E-state index contributed by atoms with van der Waals surface area (Å²) in [5.41, 5.74) is 5.81. The van der Waals surface area contributed by atoms with Crippen molar-refractivity contribution in [1.82, 2.24) is 29.5 Å². The van der Waals surface area contributed by atoms with E-state index in [1.54, 1.807) is 0 Å². The van der Waals surface area contributed by atoms with E-state index < -0.39 is 0 Å². The average molecular weight is 373 g/mol. The summed E-state index contributed by atoms with van der Waals surface area (Å²) in [6.07, 6.45) is 3.83. The fourth-order valence-electron chi connectivity index (χ4n) is 3.81. The maximum absolute atomic E-state index is 4.76. The van der Waals surface area contributed by atoms with Gasteiger partial charge in [0, 0.05) is 43.4 Å². The Labute approximate surface area is 163 Å². The van der Waals surface area contributed by atoms with E-state index in [0.717, 1.165) is 59.7 Å². The van der Waals surface area contributed by atoms with Gasteiger partial charge in [-0.2, -0.15) is 5.10 Å². The highest BCUT2D eigenvalue weighted by molar-refractivity contribution is 5.83. The van der Waals surface area contributed by atoms with Gasteiger partial charge in [-0.3, -0.25) is 4.98 Å². The van der Waals surface area contributed by atoms with Crippen LogP contribution in [-0.2, 0) is 0 Å². The summed E-state index contributed by atoms with van der Waals surface area (Å²) < 4.78 is 1.86. The number of rotatable bonds is 2. The molecule has 0 bridgehead atoms. The van der Waals surface area contributed by atoms with Crippen LogP contribution in [0.5, 0.6) is 0 Å². The van der Waals surface area contributed by atoms with Gasteiger partial charge >= 0.3 is 0 Å². The zero-order valence-corrected chi connectivity index (χ0v) is 16.4. The Kier molecular flexibility index (Phi) is 3.98. The van der Waals surface area contributed by atoms with E-state index in [1.165, 1.54) is 5.69 Å². The van der Waals surface area contributed by atoms with Crippen LogP contribution < -0.4 is 4.90 Å². The lowest BCUT2D eigenvalue weighted by molar-refractivity contribution is 0.313. The molecule has 142 valence electrons. The van der Waals surface area contributed by atoms with E-state index in [9.17, 15) is 0 Å². The van der Waals surface area contributed by atoms with Crippen LogP contribution in [0.2, 0.25) is 0 Å². The van der Waals surface area contributed by atoms with Crippen LogP contribution in [0.15, 0.2) is 36.7 Å². The molecule has 7 heteroatoms. The number of hydrogen-bond acceptors (Lipinski definition) is 6. The molecule has 0 atom stereocenters. The van der Waals surface area contributed by atoms with Gasteiger partial charge in [0.1, 0.15) is 5.69 Å². The Morgan fingerprint density at radius 1 is 0.964 bits per heavy atom. The van der Waals surface area contributed by atoms with Crippen molar-refractivity contribution < 1.29 is 0 Å². The van der Waals surface area contributed by atoms with Crippen molar-refractivity contribution in [1.29, 1.82) is 0 Å². The van der Waals surface area contributed by atoms with E-state index in [4.69, 9.17) is 4.98 Å². The molecular weight excluding hydrogens is 350 g/mol.